The van der Waals surface area contributed by atoms with E-state index in [2.05, 4.69) is 0 Å². The van der Waals surface area contributed by atoms with Crippen molar-refractivity contribution in [3.8, 4) is 0 Å². The number of rotatable bonds is 3. The van der Waals surface area contributed by atoms with Crippen molar-refractivity contribution in [2.45, 2.75) is 39.9 Å². The second-order valence-corrected chi connectivity index (χ2v) is 7.66. The van der Waals surface area contributed by atoms with Crippen molar-refractivity contribution < 1.29 is 24.5 Å². The highest BCUT2D eigenvalue weighted by Crippen LogP contribution is 2.38. The summed E-state index contributed by atoms with van der Waals surface area (Å²) in [5.74, 6) is -1.12. The van der Waals surface area contributed by atoms with Gasteiger partial charge in [0.05, 0.1) is 12.6 Å². The van der Waals surface area contributed by atoms with Crippen LogP contribution in [0, 0.1) is 10.8 Å². The number of aliphatic carboxylic acids is 1. The molecule has 0 spiro atoms. The van der Waals surface area contributed by atoms with Crippen molar-refractivity contribution in [2.75, 3.05) is 13.1 Å². The van der Waals surface area contributed by atoms with Gasteiger partial charge in [-0.2, -0.15) is 0 Å². The van der Waals surface area contributed by atoms with E-state index in [0.29, 0.717) is 0 Å². The highest BCUT2D eigenvalue weighted by atomic mass is 16.6. The molecule has 132 valence electrons. The minimum absolute atomic E-state index is 0.0483. The average Bonchev–Trinajstić information content (AvgIpc) is 2.81. The van der Waals surface area contributed by atoms with Gasteiger partial charge < -0.3 is 19.8 Å². The zero-order chi connectivity index (χ0) is 18.1. The number of amides is 1. The van der Waals surface area contributed by atoms with E-state index in [1.165, 1.54) is 11.8 Å². The zero-order valence-electron chi connectivity index (χ0n) is 14.5. The predicted octanol–water partition coefficient (Wildman–Crippen LogP) is 2.68. The van der Waals surface area contributed by atoms with E-state index in [4.69, 9.17) is 4.74 Å². The number of nitrogens with zero attached hydrogens (tertiary/aromatic N) is 1. The van der Waals surface area contributed by atoms with Gasteiger partial charge in [-0.1, -0.05) is 51.1 Å². The quantitative estimate of drug-likeness (QED) is 0.887. The maximum absolute atomic E-state index is 12.5. The normalized spacial score (nSPS) is 25.4. The van der Waals surface area contributed by atoms with Gasteiger partial charge in [0.2, 0.25) is 0 Å². The van der Waals surface area contributed by atoms with Gasteiger partial charge in [-0.15, -0.1) is 0 Å². The molecule has 1 heterocycles. The van der Waals surface area contributed by atoms with E-state index in [0.717, 1.165) is 5.56 Å². The number of hydrogen-bond donors (Lipinski definition) is 2. The number of carboxylic acids is 1. The Morgan fingerprint density at radius 1 is 1.29 bits per heavy atom. The van der Waals surface area contributed by atoms with Crippen LogP contribution in [0.5, 0.6) is 0 Å². The summed E-state index contributed by atoms with van der Waals surface area (Å²) in [4.78, 5) is 25.2. The Morgan fingerprint density at radius 2 is 1.88 bits per heavy atom. The van der Waals surface area contributed by atoms with Crippen LogP contribution >= 0.6 is 0 Å². The Kier molecular flexibility index (Phi) is 4.90. The van der Waals surface area contributed by atoms with Gasteiger partial charge in [-0.25, -0.2) is 4.79 Å². The molecule has 24 heavy (non-hydrogen) atoms. The molecular weight excluding hydrogens is 310 g/mol. The van der Waals surface area contributed by atoms with Crippen LogP contribution in [0.3, 0.4) is 0 Å². The predicted molar refractivity (Wildman–Crippen MR) is 88.4 cm³/mol. The second-order valence-electron chi connectivity index (χ2n) is 7.66. The molecule has 3 unspecified atom stereocenters. The van der Waals surface area contributed by atoms with Crippen LogP contribution < -0.4 is 0 Å². The lowest BCUT2D eigenvalue weighted by atomic mass is 9.84. The van der Waals surface area contributed by atoms with E-state index in [1.807, 2.05) is 51.1 Å². The van der Waals surface area contributed by atoms with Gasteiger partial charge in [0, 0.05) is 12.0 Å². The Balaban J connectivity index is 2.17. The third kappa shape index (κ3) is 3.53. The van der Waals surface area contributed by atoms with Crippen LogP contribution in [0.15, 0.2) is 30.3 Å². The number of hydrogen-bond acceptors (Lipinski definition) is 4. The summed E-state index contributed by atoms with van der Waals surface area (Å²) in [5.41, 5.74) is -0.826. The fourth-order valence-corrected chi connectivity index (χ4v) is 2.87. The number of ether oxygens (including phenoxy) is 1. The summed E-state index contributed by atoms with van der Waals surface area (Å²) in [6.07, 6.45) is -2.20. The minimum atomic E-state index is -1.37. The number of carboxylic acid groups (broad SMARTS) is 1. The summed E-state index contributed by atoms with van der Waals surface area (Å²) < 4.78 is 5.69. The van der Waals surface area contributed by atoms with Gasteiger partial charge in [0.15, 0.2) is 0 Å². The Morgan fingerprint density at radius 3 is 2.33 bits per heavy atom. The molecule has 6 nitrogen and oxygen atoms in total. The highest BCUT2D eigenvalue weighted by molar-refractivity contribution is 5.78. The highest BCUT2D eigenvalue weighted by Gasteiger charge is 2.50. The molecule has 2 N–H and O–H groups in total. The molecule has 1 saturated heterocycles. The number of aliphatic hydroxyl groups is 1. The first-order valence-corrected chi connectivity index (χ1v) is 7.97. The minimum Gasteiger partial charge on any atom is -0.481 e. The van der Waals surface area contributed by atoms with Crippen LogP contribution in [0.4, 0.5) is 4.79 Å². The molecular formula is C18H25NO5. The van der Waals surface area contributed by atoms with E-state index < -0.39 is 29.7 Å². The van der Waals surface area contributed by atoms with Crippen molar-refractivity contribution in [1.29, 1.82) is 0 Å². The second kappa shape index (κ2) is 6.43. The van der Waals surface area contributed by atoms with Crippen molar-refractivity contribution in [2.24, 2.45) is 10.8 Å². The molecule has 1 aromatic rings. The molecule has 6 heteroatoms. The molecule has 3 atom stereocenters. The number of aliphatic hydroxyl groups excluding tert-OH is 1. The first-order chi connectivity index (χ1) is 11.1. The topological polar surface area (TPSA) is 87.1 Å². The third-order valence-electron chi connectivity index (χ3n) is 4.50. The van der Waals surface area contributed by atoms with Gasteiger partial charge in [-0.05, 0) is 12.5 Å². The number of benzene rings is 1. The Bertz CT molecular complexity index is 610. The lowest BCUT2D eigenvalue weighted by Gasteiger charge is -2.32. The zero-order valence-corrected chi connectivity index (χ0v) is 14.5. The van der Waals surface area contributed by atoms with Crippen LogP contribution in [0.1, 0.15) is 39.4 Å². The first kappa shape index (κ1) is 18.3. The summed E-state index contributed by atoms with van der Waals surface area (Å²) in [5, 5.41) is 19.3. The van der Waals surface area contributed by atoms with Crippen molar-refractivity contribution >= 4 is 12.1 Å². The monoisotopic (exact) mass is 335 g/mol. The largest absolute Gasteiger partial charge is 0.481 e. The molecule has 2 rings (SSSR count). The number of likely N-dealkylation sites (tertiary alicyclic amines) is 1. The molecule has 1 fully saturated rings. The number of carbonyl (C=O) groups is 2. The molecule has 1 aromatic carbocycles. The molecule has 1 aliphatic rings. The molecule has 0 bridgehead atoms. The van der Waals surface area contributed by atoms with E-state index >= 15 is 0 Å². The lowest BCUT2D eigenvalue weighted by molar-refractivity contribution is -0.151. The van der Waals surface area contributed by atoms with Crippen LogP contribution in [-0.2, 0) is 9.53 Å². The molecule has 1 amide bonds. The lowest BCUT2D eigenvalue weighted by Crippen LogP contribution is -2.39. The summed E-state index contributed by atoms with van der Waals surface area (Å²) >= 11 is 0. The molecule has 1 aliphatic heterocycles. The smallest absolute Gasteiger partial charge is 0.410 e. The maximum atomic E-state index is 12.5. The standard InChI is InChI=1S/C18H25NO5/c1-17(2,3)14(12-8-6-5-7-9-12)24-16(23)19-10-13(20)18(4,11-19)15(21)22/h5-9,13-14,20H,10-11H2,1-4H3,(H,21,22). The summed E-state index contributed by atoms with van der Waals surface area (Å²) in [6, 6.07) is 9.43. The maximum Gasteiger partial charge on any atom is 0.410 e. The Labute approximate surface area is 142 Å². The Hall–Kier alpha value is -2.08. The molecule has 0 aromatic heterocycles. The summed E-state index contributed by atoms with van der Waals surface area (Å²) in [7, 11) is 0. The van der Waals surface area contributed by atoms with Crippen LogP contribution in [0.2, 0.25) is 0 Å². The number of carbonyl (C=O) groups excluding carboxylic acids is 1. The molecule has 0 radical (unpaired) electrons. The SMILES string of the molecule is CC(C)(C)C(OC(=O)N1CC(O)C(C)(C(=O)O)C1)c1ccccc1. The van der Waals surface area contributed by atoms with E-state index in [1.54, 1.807) is 0 Å². The molecule has 0 aliphatic carbocycles. The average molecular weight is 335 g/mol. The van der Waals surface area contributed by atoms with E-state index in [-0.39, 0.29) is 18.5 Å². The van der Waals surface area contributed by atoms with E-state index in [9.17, 15) is 19.8 Å². The fraction of sp³-hybridized carbons (Fsp3) is 0.556. The van der Waals surface area contributed by atoms with Gasteiger partial charge in [0.25, 0.3) is 0 Å². The van der Waals surface area contributed by atoms with Crippen molar-refractivity contribution in [1.82, 2.24) is 4.90 Å². The van der Waals surface area contributed by atoms with Crippen molar-refractivity contribution in [3.05, 3.63) is 35.9 Å². The molecule has 0 saturated carbocycles. The summed E-state index contributed by atoms with van der Waals surface area (Å²) in [6.45, 7) is 7.22. The van der Waals surface area contributed by atoms with Gasteiger partial charge >= 0.3 is 12.1 Å². The fourth-order valence-electron chi connectivity index (χ4n) is 2.87. The van der Waals surface area contributed by atoms with Crippen LogP contribution in [0.25, 0.3) is 0 Å². The van der Waals surface area contributed by atoms with Gasteiger partial charge in [-0.3, -0.25) is 4.79 Å². The third-order valence-corrected chi connectivity index (χ3v) is 4.50. The number of β-amino-alcohol motifs (C(OH)–C–C–N with tert-alkyl or cyclic N) is 1. The van der Waals surface area contributed by atoms with Gasteiger partial charge in [0.1, 0.15) is 11.5 Å². The van der Waals surface area contributed by atoms with Crippen LogP contribution in [-0.4, -0.2) is 46.4 Å². The first-order valence-electron chi connectivity index (χ1n) is 7.97. The van der Waals surface area contributed by atoms with Crippen molar-refractivity contribution in [3.63, 3.8) is 0 Å².